The number of allylic oxidation sites excluding steroid dienone is 1. The standard InChI is InChI=1S/C9H14F2O/c1-6(2)7-3-4-8(5-7)12-9(10)11/h7-9H,1,3-5H2,2H3. The van der Waals surface area contributed by atoms with Crippen molar-refractivity contribution in [2.24, 2.45) is 5.92 Å². The largest absolute Gasteiger partial charge is 0.345 e. The van der Waals surface area contributed by atoms with Gasteiger partial charge in [-0.15, -0.1) is 0 Å². The zero-order chi connectivity index (χ0) is 9.14. The smallest absolute Gasteiger partial charge is 0.320 e. The minimum atomic E-state index is -2.63. The predicted molar refractivity (Wildman–Crippen MR) is 43.0 cm³/mol. The van der Waals surface area contributed by atoms with Gasteiger partial charge in [0, 0.05) is 0 Å². The first kappa shape index (κ1) is 9.65. The summed E-state index contributed by atoms with van der Waals surface area (Å²) in [6, 6.07) is 0. The normalized spacial score (nSPS) is 29.7. The molecule has 0 aromatic heterocycles. The lowest BCUT2D eigenvalue weighted by Gasteiger charge is -2.11. The zero-order valence-electron chi connectivity index (χ0n) is 7.22. The molecule has 1 nitrogen and oxygen atoms in total. The molecular formula is C9H14F2O. The highest BCUT2D eigenvalue weighted by Crippen LogP contribution is 2.32. The maximum atomic E-state index is 11.8. The first-order valence-electron chi connectivity index (χ1n) is 4.18. The van der Waals surface area contributed by atoms with Gasteiger partial charge in [0.1, 0.15) is 0 Å². The van der Waals surface area contributed by atoms with Crippen LogP contribution in [0, 0.1) is 5.92 Å². The fourth-order valence-electron chi connectivity index (χ4n) is 1.66. The molecule has 1 aliphatic rings. The Hall–Kier alpha value is -0.440. The molecule has 12 heavy (non-hydrogen) atoms. The van der Waals surface area contributed by atoms with Crippen molar-refractivity contribution in [1.82, 2.24) is 0 Å². The monoisotopic (exact) mass is 176 g/mol. The Morgan fingerprint density at radius 3 is 2.58 bits per heavy atom. The van der Waals surface area contributed by atoms with Crippen molar-refractivity contribution in [3.63, 3.8) is 0 Å². The van der Waals surface area contributed by atoms with Crippen LogP contribution in [0.15, 0.2) is 12.2 Å². The maximum Gasteiger partial charge on any atom is 0.345 e. The van der Waals surface area contributed by atoms with E-state index in [-0.39, 0.29) is 6.10 Å². The van der Waals surface area contributed by atoms with Gasteiger partial charge >= 0.3 is 6.61 Å². The summed E-state index contributed by atoms with van der Waals surface area (Å²) >= 11 is 0. The lowest BCUT2D eigenvalue weighted by Crippen LogP contribution is -2.12. The van der Waals surface area contributed by atoms with E-state index in [0.29, 0.717) is 12.3 Å². The summed E-state index contributed by atoms with van der Waals surface area (Å²) in [6.45, 7) is 3.12. The van der Waals surface area contributed by atoms with Gasteiger partial charge in [-0.05, 0) is 32.1 Å². The van der Waals surface area contributed by atoms with E-state index in [1.54, 1.807) is 0 Å². The van der Waals surface area contributed by atoms with Gasteiger partial charge in [0.15, 0.2) is 0 Å². The molecule has 1 aliphatic carbocycles. The van der Waals surface area contributed by atoms with Crippen LogP contribution in [0.3, 0.4) is 0 Å². The Balaban J connectivity index is 2.30. The van der Waals surface area contributed by atoms with Gasteiger partial charge in [-0.25, -0.2) is 0 Å². The lowest BCUT2D eigenvalue weighted by molar-refractivity contribution is -0.160. The highest BCUT2D eigenvalue weighted by Gasteiger charge is 2.27. The van der Waals surface area contributed by atoms with Gasteiger partial charge in [-0.3, -0.25) is 0 Å². The second-order valence-corrected chi connectivity index (χ2v) is 3.38. The second kappa shape index (κ2) is 3.99. The number of alkyl halides is 2. The molecule has 1 saturated carbocycles. The van der Waals surface area contributed by atoms with Crippen LogP contribution in [0.5, 0.6) is 0 Å². The predicted octanol–water partition coefficient (Wildman–Crippen LogP) is 2.97. The third-order valence-electron chi connectivity index (χ3n) is 2.38. The summed E-state index contributed by atoms with van der Waals surface area (Å²) in [4.78, 5) is 0. The Morgan fingerprint density at radius 2 is 2.17 bits per heavy atom. The molecule has 3 heteroatoms. The van der Waals surface area contributed by atoms with Crippen LogP contribution < -0.4 is 0 Å². The molecule has 0 aliphatic heterocycles. The van der Waals surface area contributed by atoms with Gasteiger partial charge < -0.3 is 4.74 Å². The molecule has 0 radical (unpaired) electrons. The van der Waals surface area contributed by atoms with Crippen LogP contribution in [0.2, 0.25) is 0 Å². The topological polar surface area (TPSA) is 9.23 Å². The molecule has 0 aromatic carbocycles. The number of halogens is 2. The fourth-order valence-corrected chi connectivity index (χ4v) is 1.66. The highest BCUT2D eigenvalue weighted by molar-refractivity contribution is 5.00. The van der Waals surface area contributed by atoms with E-state index >= 15 is 0 Å². The van der Waals surface area contributed by atoms with Crippen LogP contribution in [-0.2, 0) is 4.74 Å². The first-order chi connectivity index (χ1) is 5.59. The van der Waals surface area contributed by atoms with E-state index in [9.17, 15) is 8.78 Å². The van der Waals surface area contributed by atoms with E-state index in [0.717, 1.165) is 18.4 Å². The van der Waals surface area contributed by atoms with Crippen LogP contribution in [0.4, 0.5) is 8.78 Å². The van der Waals surface area contributed by atoms with Crippen molar-refractivity contribution in [2.75, 3.05) is 0 Å². The first-order valence-corrected chi connectivity index (χ1v) is 4.18. The van der Waals surface area contributed by atoms with Crippen LogP contribution in [0.25, 0.3) is 0 Å². The zero-order valence-corrected chi connectivity index (χ0v) is 7.22. The second-order valence-electron chi connectivity index (χ2n) is 3.38. The SMILES string of the molecule is C=C(C)C1CCC(OC(F)F)C1. The summed E-state index contributed by atoms with van der Waals surface area (Å²) < 4.78 is 28.0. The summed E-state index contributed by atoms with van der Waals surface area (Å²) in [5.74, 6) is 0.383. The number of rotatable bonds is 3. The molecule has 0 N–H and O–H groups in total. The fraction of sp³-hybridized carbons (Fsp3) is 0.778. The van der Waals surface area contributed by atoms with Crippen molar-refractivity contribution >= 4 is 0 Å². The average molecular weight is 176 g/mol. The summed E-state index contributed by atoms with van der Waals surface area (Å²) in [7, 11) is 0. The van der Waals surface area contributed by atoms with E-state index in [1.165, 1.54) is 0 Å². The van der Waals surface area contributed by atoms with Gasteiger partial charge in [0.05, 0.1) is 6.10 Å². The molecule has 2 unspecified atom stereocenters. The van der Waals surface area contributed by atoms with Crippen molar-refractivity contribution in [3.05, 3.63) is 12.2 Å². The van der Waals surface area contributed by atoms with E-state index in [1.807, 2.05) is 6.92 Å². The average Bonchev–Trinajstić information content (AvgIpc) is 2.34. The lowest BCUT2D eigenvalue weighted by atomic mass is 10.0. The van der Waals surface area contributed by atoms with Crippen molar-refractivity contribution in [2.45, 2.75) is 38.9 Å². The molecule has 0 amide bonds. The van der Waals surface area contributed by atoms with Crippen LogP contribution in [0.1, 0.15) is 26.2 Å². The van der Waals surface area contributed by atoms with Crippen molar-refractivity contribution in [3.8, 4) is 0 Å². The molecule has 1 rings (SSSR count). The molecule has 0 heterocycles. The van der Waals surface area contributed by atoms with Gasteiger partial charge in [-0.2, -0.15) is 8.78 Å². The summed E-state index contributed by atoms with van der Waals surface area (Å²) in [5.41, 5.74) is 1.08. The summed E-state index contributed by atoms with van der Waals surface area (Å²) in [6.07, 6.45) is 2.13. The van der Waals surface area contributed by atoms with E-state index in [2.05, 4.69) is 11.3 Å². The molecule has 0 spiro atoms. The van der Waals surface area contributed by atoms with Gasteiger partial charge in [-0.1, -0.05) is 12.2 Å². The number of hydrogen-bond donors (Lipinski definition) is 0. The molecule has 2 atom stereocenters. The molecule has 0 bridgehead atoms. The third kappa shape index (κ3) is 2.55. The van der Waals surface area contributed by atoms with Crippen molar-refractivity contribution in [1.29, 1.82) is 0 Å². The van der Waals surface area contributed by atoms with E-state index < -0.39 is 6.61 Å². The van der Waals surface area contributed by atoms with Gasteiger partial charge in [0.2, 0.25) is 0 Å². The van der Waals surface area contributed by atoms with E-state index in [4.69, 9.17) is 0 Å². The molecular weight excluding hydrogens is 162 g/mol. The van der Waals surface area contributed by atoms with Crippen LogP contribution >= 0.6 is 0 Å². The Kier molecular flexibility index (Phi) is 3.20. The van der Waals surface area contributed by atoms with Gasteiger partial charge in [0.25, 0.3) is 0 Å². The minimum Gasteiger partial charge on any atom is -0.320 e. The quantitative estimate of drug-likeness (QED) is 0.601. The maximum absolute atomic E-state index is 11.8. The molecule has 0 saturated heterocycles. The Bertz CT molecular complexity index is 168. The summed E-state index contributed by atoms with van der Waals surface area (Å²) in [5, 5.41) is 0. The minimum absolute atomic E-state index is 0.258. The third-order valence-corrected chi connectivity index (χ3v) is 2.38. The Labute approximate surface area is 71.4 Å². The Morgan fingerprint density at radius 1 is 1.50 bits per heavy atom. The highest BCUT2D eigenvalue weighted by atomic mass is 19.3. The molecule has 1 fully saturated rings. The molecule has 0 aromatic rings. The number of ether oxygens (including phenoxy) is 1. The number of hydrogen-bond acceptors (Lipinski definition) is 1. The molecule has 70 valence electrons. The van der Waals surface area contributed by atoms with Crippen LogP contribution in [-0.4, -0.2) is 12.7 Å². The van der Waals surface area contributed by atoms with Crippen molar-refractivity contribution < 1.29 is 13.5 Å².